The van der Waals surface area contributed by atoms with E-state index in [0.717, 1.165) is 17.8 Å². The van der Waals surface area contributed by atoms with E-state index in [1.165, 1.54) is 47.8 Å². The molecule has 1 N–H and O–H groups in total. The van der Waals surface area contributed by atoms with Crippen molar-refractivity contribution < 1.29 is 0 Å². The summed E-state index contributed by atoms with van der Waals surface area (Å²) < 4.78 is 0. The molecule has 0 spiro atoms. The Morgan fingerprint density at radius 3 is 2.60 bits per heavy atom. The zero-order valence-electron chi connectivity index (χ0n) is 12.8. The van der Waals surface area contributed by atoms with Crippen LogP contribution in [0.3, 0.4) is 0 Å². The van der Waals surface area contributed by atoms with Gasteiger partial charge in [-0.3, -0.25) is 4.98 Å². The quantitative estimate of drug-likeness (QED) is 0.902. The summed E-state index contributed by atoms with van der Waals surface area (Å²) in [6.07, 6.45) is 5.43. The van der Waals surface area contributed by atoms with Gasteiger partial charge in [-0.15, -0.1) is 0 Å². The van der Waals surface area contributed by atoms with Crippen LogP contribution >= 0.6 is 0 Å². The van der Waals surface area contributed by atoms with Crippen molar-refractivity contribution in [3.8, 4) is 0 Å². The molecule has 1 heterocycles. The zero-order chi connectivity index (χ0) is 14.1. The van der Waals surface area contributed by atoms with Gasteiger partial charge in [0, 0.05) is 23.7 Å². The molecule has 1 aromatic heterocycles. The molecule has 3 rings (SSSR count). The van der Waals surface area contributed by atoms with Crippen LogP contribution in [0, 0.1) is 20.8 Å². The summed E-state index contributed by atoms with van der Waals surface area (Å²) in [7, 11) is 0. The second-order valence-corrected chi connectivity index (χ2v) is 6.26. The first-order valence-corrected chi connectivity index (χ1v) is 7.74. The Balaban J connectivity index is 1.96. The van der Waals surface area contributed by atoms with E-state index in [-0.39, 0.29) is 0 Å². The van der Waals surface area contributed by atoms with E-state index in [1.54, 1.807) is 0 Å². The highest BCUT2D eigenvalue weighted by Crippen LogP contribution is 2.25. The van der Waals surface area contributed by atoms with E-state index in [0.29, 0.717) is 6.04 Å². The first-order chi connectivity index (χ1) is 9.63. The van der Waals surface area contributed by atoms with Crippen LogP contribution in [0.2, 0.25) is 0 Å². The summed E-state index contributed by atoms with van der Waals surface area (Å²) in [5.41, 5.74) is 6.30. The molecule has 2 aromatic rings. The van der Waals surface area contributed by atoms with Gasteiger partial charge in [-0.2, -0.15) is 0 Å². The van der Waals surface area contributed by atoms with Gasteiger partial charge in [0.1, 0.15) is 0 Å². The van der Waals surface area contributed by atoms with Crippen molar-refractivity contribution in [1.82, 2.24) is 10.3 Å². The van der Waals surface area contributed by atoms with Gasteiger partial charge in [-0.25, -0.2) is 0 Å². The van der Waals surface area contributed by atoms with Crippen LogP contribution < -0.4 is 5.32 Å². The topological polar surface area (TPSA) is 24.9 Å². The van der Waals surface area contributed by atoms with Crippen LogP contribution in [0.4, 0.5) is 0 Å². The van der Waals surface area contributed by atoms with Crippen molar-refractivity contribution >= 4 is 10.9 Å². The van der Waals surface area contributed by atoms with Crippen LogP contribution in [0.15, 0.2) is 18.2 Å². The number of rotatable bonds is 3. The highest BCUT2D eigenvalue weighted by molar-refractivity contribution is 5.86. The molecule has 2 nitrogen and oxygen atoms in total. The van der Waals surface area contributed by atoms with Gasteiger partial charge in [-0.05, 0) is 62.4 Å². The minimum absolute atomic E-state index is 0.712. The van der Waals surface area contributed by atoms with Gasteiger partial charge in [0.2, 0.25) is 0 Å². The van der Waals surface area contributed by atoms with E-state index in [2.05, 4.69) is 44.3 Å². The fraction of sp³-hybridized carbons (Fsp3) is 0.500. The molecule has 0 amide bonds. The Labute approximate surface area is 121 Å². The average Bonchev–Trinajstić information content (AvgIpc) is 2.87. The second kappa shape index (κ2) is 5.53. The van der Waals surface area contributed by atoms with E-state index in [9.17, 15) is 0 Å². The van der Waals surface area contributed by atoms with Crippen molar-refractivity contribution in [2.24, 2.45) is 0 Å². The molecule has 0 saturated heterocycles. The Hall–Kier alpha value is -1.41. The fourth-order valence-corrected chi connectivity index (χ4v) is 3.52. The molecule has 0 unspecified atom stereocenters. The normalized spacial score (nSPS) is 16.1. The first-order valence-electron chi connectivity index (χ1n) is 7.74. The molecular formula is C18H24N2. The predicted molar refractivity (Wildman–Crippen MR) is 85.0 cm³/mol. The lowest BCUT2D eigenvalue weighted by atomic mass is 10.0. The van der Waals surface area contributed by atoms with E-state index >= 15 is 0 Å². The van der Waals surface area contributed by atoms with Crippen LogP contribution in [0.1, 0.15) is 48.1 Å². The zero-order valence-corrected chi connectivity index (χ0v) is 12.8. The van der Waals surface area contributed by atoms with Crippen LogP contribution in [-0.4, -0.2) is 11.0 Å². The van der Waals surface area contributed by atoms with Crippen molar-refractivity contribution in [1.29, 1.82) is 0 Å². The largest absolute Gasteiger partial charge is 0.310 e. The summed E-state index contributed by atoms with van der Waals surface area (Å²) in [5.74, 6) is 0. The van der Waals surface area contributed by atoms with Crippen molar-refractivity contribution in [3.05, 3.63) is 40.6 Å². The Bertz CT molecular complexity index is 620. The number of nitrogens with one attached hydrogen (secondary N) is 1. The second-order valence-electron chi connectivity index (χ2n) is 6.26. The van der Waals surface area contributed by atoms with Gasteiger partial charge in [-0.1, -0.05) is 18.9 Å². The van der Waals surface area contributed by atoms with E-state index < -0.39 is 0 Å². The third kappa shape index (κ3) is 2.71. The van der Waals surface area contributed by atoms with Gasteiger partial charge in [0.05, 0.1) is 5.52 Å². The van der Waals surface area contributed by atoms with Gasteiger partial charge >= 0.3 is 0 Å². The van der Waals surface area contributed by atoms with Gasteiger partial charge in [0.25, 0.3) is 0 Å². The molecule has 0 bridgehead atoms. The lowest BCUT2D eigenvalue weighted by molar-refractivity contribution is 0.525. The highest BCUT2D eigenvalue weighted by atomic mass is 14.9. The lowest BCUT2D eigenvalue weighted by Crippen LogP contribution is -2.25. The number of nitrogens with zero attached hydrogens (tertiary/aromatic N) is 1. The Morgan fingerprint density at radius 1 is 1.10 bits per heavy atom. The highest BCUT2D eigenvalue weighted by Gasteiger charge is 2.15. The molecule has 1 aliphatic rings. The molecule has 106 valence electrons. The monoisotopic (exact) mass is 268 g/mol. The van der Waals surface area contributed by atoms with Crippen LogP contribution in [-0.2, 0) is 6.54 Å². The molecular weight excluding hydrogens is 244 g/mol. The third-order valence-corrected chi connectivity index (χ3v) is 4.40. The molecule has 0 atom stereocenters. The molecule has 2 heteroatoms. The maximum atomic E-state index is 4.71. The lowest BCUT2D eigenvalue weighted by Gasteiger charge is -2.15. The average molecular weight is 268 g/mol. The maximum Gasteiger partial charge on any atom is 0.0713 e. The number of hydrogen-bond donors (Lipinski definition) is 1. The molecule has 1 fully saturated rings. The molecule has 0 aliphatic heterocycles. The Kier molecular flexibility index (Phi) is 3.75. The predicted octanol–water partition coefficient (Wildman–Crippen LogP) is 4.19. The summed E-state index contributed by atoms with van der Waals surface area (Å²) in [6, 6.07) is 7.42. The van der Waals surface area contributed by atoms with Crippen molar-refractivity contribution in [2.45, 2.75) is 59.0 Å². The maximum absolute atomic E-state index is 4.71. The summed E-state index contributed by atoms with van der Waals surface area (Å²) in [4.78, 5) is 4.71. The molecule has 1 saturated carbocycles. The fourth-order valence-electron chi connectivity index (χ4n) is 3.52. The molecule has 0 radical (unpaired) electrons. The number of aromatic nitrogens is 1. The van der Waals surface area contributed by atoms with Crippen LogP contribution in [0.25, 0.3) is 10.9 Å². The standard InChI is InChI=1S/C18H24N2/c1-12-8-13(2)18-15(10-14(3)20-17(18)9-12)11-19-16-6-4-5-7-16/h8-10,16,19H,4-7,11H2,1-3H3. The van der Waals surface area contributed by atoms with Crippen molar-refractivity contribution in [2.75, 3.05) is 0 Å². The minimum atomic E-state index is 0.712. The number of pyridine rings is 1. The molecule has 1 aliphatic carbocycles. The number of aryl methyl sites for hydroxylation is 3. The SMILES string of the molecule is Cc1cc(C)c2c(CNC3CCCC3)cc(C)nc2c1. The van der Waals surface area contributed by atoms with E-state index in [1.807, 2.05) is 0 Å². The summed E-state index contributed by atoms with van der Waals surface area (Å²) in [6.45, 7) is 7.41. The molecule has 20 heavy (non-hydrogen) atoms. The molecule has 1 aromatic carbocycles. The van der Waals surface area contributed by atoms with Crippen LogP contribution in [0.5, 0.6) is 0 Å². The summed E-state index contributed by atoms with van der Waals surface area (Å²) >= 11 is 0. The number of hydrogen-bond acceptors (Lipinski definition) is 2. The Morgan fingerprint density at radius 2 is 1.85 bits per heavy atom. The van der Waals surface area contributed by atoms with E-state index in [4.69, 9.17) is 4.98 Å². The van der Waals surface area contributed by atoms with Crippen molar-refractivity contribution in [3.63, 3.8) is 0 Å². The number of benzene rings is 1. The minimum Gasteiger partial charge on any atom is -0.310 e. The van der Waals surface area contributed by atoms with Gasteiger partial charge in [0.15, 0.2) is 0 Å². The first kappa shape index (κ1) is 13.6. The third-order valence-electron chi connectivity index (χ3n) is 4.40. The number of fused-ring (bicyclic) bond motifs is 1. The van der Waals surface area contributed by atoms with Gasteiger partial charge < -0.3 is 5.32 Å². The summed E-state index contributed by atoms with van der Waals surface area (Å²) in [5, 5.41) is 5.07. The smallest absolute Gasteiger partial charge is 0.0713 e.